The Hall–Kier alpha value is -2.04. The van der Waals surface area contributed by atoms with Crippen LogP contribution in [0.2, 0.25) is 0 Å². The molecule has 1 aromatic heterocycles. The molecule has 1 aromatic carbocycles. The van der Waals surface area contributed by atoms with Crippen molar-refractivity contribution >= 4 is 11.6 Å². The van der Waals surface area contributed by atoms with Gasteiger partial charge in [0.2, 0.25) is 0 Å². The van der Waals surface area contributed by atoms with Crippen molar-refractivity contribution in [2.24, 2.45) is 0 Å². The smallest absolute Gasteiger partial charge is 0.171 e. The van der Waals surface area contributed by atoms with Gasteiger partial charge in [-0.05, 0) is 24.6 Å². The van der Waals surface area contributed by atoms with Crippen molar-refractivity contribution in [3.8, 4) is 0 Å². The van der Waals surface area contributed by atoms with E-state index in [2.05, 4.69) is 9.97 Å². The number of H-pyrrole nitrogens is 1. The summed E-state index contributed by atoms with van der Waals surface area (Å²) in [6.45, 7) is 2.40. The number of nitrogen functional groups attached to an aromatic ring is 1. The molecule has 1 heterocycles. The quantitative estimate of drug-likeness (QED) is 0.854. The number of rotatable bonds is 3. The van der Waals surface area contributed by atoms with Crippen molar-refractivity contribution in [3.05, 3.63) is 41.5 Å². The van der Waals surface area contributed by atoms with Crippen LogP contribution in [0.1, 0.15) is 11.4 Å². The number of anilines is 2. The van der Waals surface area contributed by atoms with E-state index >= 15 is 0 Å². The lowest BCUT2D eigenvalue weighted by atomic mass is 10.2. The van der Waals surface area contributed by atoms with E-state index < -0.39 is 0 Å². The third kappa shape index (κ3) is 2.55. The Balaban J connectivity index is 2.16. The first-order valence-electron chi connectivity index (χ1n) is 5.34. The lowest BCUT2D eigenvalue weighted by Gasteiger charge is -2.17. The minimum absolute atomic E-state index is 0.234. The summed E-state index contributed by atoms with van der Waals surface area (Å²) in [4.78, 5) is 9.10. The van der Waals surface area contributed by atoms with E-state index in [1.807, 2.05) is 24.9 Å². The summed E-state index contributed by atoms with van der Waals surface area (Å²) in [7, 11) is 1.87. The molecule has 2 aromatic rings. The molecule has 0 aliphatic heterocycles. The van der Waals surface area contributed by atoms with E-state index in [0.29, 0.717) is 18.2 Å². The maximum Gasteiger partial charge on any atom is 0.171 e. The third-order valence-electron chi connectivity index (χ3n) is 2.50. The van der Waals surface area contributed by atoms with Crippen molar-refractivity contribution in [2.75, 3.05) is 17.7 Å². The molecule has 0 radical (unpaired) electrons. The van der Waals surface area contributed by atoms with Crippen LogP contribution >= 0.6 is 0 Å². The minimum atomic E-state index is -0.234. The van der Waals surface area contributed by atoms with Gasteiger partial charge in [-0.15, -0.1) is 0 Å². The molecule has 17 heavy (non-hydrogen) atoms. The molecule has 4 nitrogen and oxygen atoms in total. The number of nitrogens with two attached hydrogens (primary N) is 1. The highest BCUT2D eigenvalue weighted by Crippen LogP contribution is 2.20. The van der Waals surface area contributed by atoms with E-state index in [1.165, 1.54) is 12.1 Å². The Morgan fingerprint density at radius 1 is 1.47 bits per heavy atom. The van der Waals surface area contributed by atoms with Crippen molar-refractivity contribution in [2.45, 2.75) is 13.5 Å². The Morgan fingerprint density at radius 2 is 2.24 bits per heavy atom. The van der Waals surface area contributed by atoms with Gasteiger partial charge >= 0.3 is 0 Å². The standard InChI is InChI=1S/C12H15FN4/c1-8-15-11(14)12(16-8)17(2)7-9-4-3-5-10(13)6-9/h3-6H,7,14H2,1-2H3,(H,15,16). The molecule has 0 aliphatic rings. The molecule has 0 bridgehead atoms. The number of nitrogens with one attached hydrogen (secondary N) is 1. The Bertz CT molecular complexity index is 521. The van der Waals surface area contributed by atoms with Gasteiger partial charge in [-0.2, -0.15) is 0 Å². The highest BCUT2D eigenvalue weighted by Gasteiger charge is 2.10. The predicted octanol–water partition coefficient (Wildman–Crippen LogP) is 2.08. The fourth-order valence-electron chi connectivity index (χ4n) is 1.77. The van der Waals surface area contributed by atoms with Gasteiger partial charge in [0.1, 0.15) is 17.5 Å². The monoisotopic (exact) mass is 234 g/mol. The number of imidazole rings is 1. The second-order valence-corrected chi connectivity index (χ2v) is 4.05. The molecule has 0 unspecified atom stereocenters. The number of nitrogens with zero attached hydrogens (tertiary/aromatic N) is 2. The van der Waals surface area contributed by atoms with Crippen LogP contribution in [0.3, 0.4) is 0 Å². The fourth-order valence-corrected chi connectivity index (χ4v) is 1.77. The van der Waals surface area contributed by atoms with Gasteiger partial charge in [0, 0.05) is 13.6 Å². The average Bonchev–Trinajstić information content (AvgIpc) is 2.58. The van der Waals surface area contributed by atoms with Gasteiger partial charge in [0.05, 0.1) is 0 Å². The normalized spacial score (nSPS) is 10.5. The summed E-state index contributed by atoms with van der Waals surface area (Å²) < 4.78 is 13.0. The van der Waals surface area contributed by atoms with E-state index in [-0.39, 0.29) is 5.82 Å². The molecule has 0 fully saturated rings. The maximum absolute atomic E-state index is 13.0. The first-order valence-corrected chi connectivity index (χ1v) is 5.34. The third-order valence-corrected chi connectivity index (χ3v) is 2.50. The topological polar surface area (TPSA) is 57.9 Å². The fraction of sp³-hybridized carbons (Fsp3) is 0.250. The van der Waals surface area contributed by atoms with E-state index in [1.54, 1.807) is 6.07 Å². The van der Waals surface area contributed by atoms with Crippen LogP contribution < -0.4 is 10.6 Å². The second-order valence-electron chi connectivity index (χ2n) is 4.05. The van der Waals surface area contributed by atoms with Crippen LogP contribution in [-0.4, -0.2) is 17.0 Å². The van der Waals surface area contributed by atoms with Crippen molar-refractivity contribution in [1.29, 1.82) is 0 Å². The summed E-state index contributed by atoms with van der Waals surface area (Å²) in [5.74, 6) is 1.75. The number of aromatic nitrogens is 2. The number of halogens is 1. The van der Waals surface area contributed by atoms with E-state index in [9.17, 15) is 4.39 Å². The zero-order valence-corrected chi connectivity index (χ0v) is 9.87. The number of aromatic amines is 1. The van der Waals surface area contributed by atoms with Gasteiger partial charge in [-0.1, -0.05) is 12.1 Å². The number of hydrogen-bond donors (Lipinski definition) is 2. The molecule has 0 saturated carbocycles. The summed E-state index contributed by atoms with van der Waals surface area (Å²) in [5.41, 5.74) is 6.67. The largest absolute Gasteiger partial charge is 0.382 e. The highest BCUT2D eigenvalue weighted by molar-refractivity contribution is 5.58. The lowest BCUT2D eigenvalue weighted by Crippen LogP contribution is -2.18. The van der Waals surface area contributed by atoms with Crippen LogP contribution in [0.25, 0.3) is 0 Å². The zero-order chi connectivity index (χ0) is 12.4. The molecule has 0 aliphatic carbocycles. The van der Waals surface area contributed by atoms with Gasteiger partial charge in [0.25, 0.3) is 0 Å². The Morgan fingerprint density at radius 3 is 2.82 bits per heavy atom. The Labute approximate surface area is 99.3 Å². The zero-order valence-electron chi connectivity index (χ0n) is 9.87. The molecule has 90 valence electrons. The predicted molar refractivity (Wildman–Crippen MR) is 66.2 cm³/mol. The van der Waals surface area contributed by atoms with Gasteiger partial charge in [-0.3, -0.25) is 0 Å². The van der Waals surface area contributed by atoms with Crippen molar-refractivity contribution in [1.82, 2.24) is 9.97 Å². The minimum Gasteiger partial charge on any atom is -0.382 e. The molecule has 0 amide bonds. The maximum atomic E-state index is 13.0. The molecule has 3 N–H and O–H groups in total. The molecule has 5 heteroatoms. The Kier molecular flexibility index (Phi) is 2.99. The SMILES string of the molecule is Cc1nc(N(C)Cc2cccc(F)c2)c(N)[nH]1. The second kappa shape index (κ2) is 4.45. The average molecular weight is 234 g/mol. The highest BCUT2D eigenvalue weighted by atomic mass is 19.1. The van der Waals surface area contributed by atoms with Crippen LogP contribution in [0.4, 0.5) is 16.0 Å². The number of benzene rings is 1. The van der Waals surface area contributed by atoms with Gasteiger partial charge in [-0.25, -0.2) is 9.37 Å². The van der Waals surface area contributed by atoms with Crippen LogP contribution in [0.15, 0.2) is 24.3 Å². The van der Waals surface area contributed by atoms with Gasteiger partial charge in [0.15, 0.2) is 5.82 Å². The summed E-state index contributed by atoms with van der Waals surface area (Å²) in [6.07, 6.45) is 0. The molecular formula is C12H15FN4. The van der Waals surface area contributed by atoms with Crippen LogP contribution in [0, 0.1) is 12.7 Å². The first-order chi connectivity index (χ1) is 8.06. The van der Waals surface area contributed by atoms with Crippen LogP contribution in [-0.2, 0) is 6.54 Å². The van der Waals surface area contributed by atoms with Crippen LogP contribution in [0.5, 0.6) is 0 Å². The molecular weight excluding hydrogens is 219 g/mol. The summed E-state index contributed by atoms with van der Waals surface area (Å²) in [5, 5.41) is 0. The van der Waals surface area contributed by atoms with E-state index in [4.69, 9.17) is 5.73 Å². The first kappa shape index (κ1) is 11.4. The lowest BCUT2D eigenvalue weighted by molar-refractivity contribution is 0.625. The number of aryl methyl sites for hydroxylation is 1. The molecule has 0 spiro atoms. The molecule has 2 rings (SSSR count). The van der Waals surface area contributed by atoms with Gasteiger partial charge < -0.3 is 15.6 Å². The summed E-state index contributed by atoms with van der Waals surface area (Å²) in [6, 6.07) is 6.50. The van der Waals surface area contributed by atoms with E-state index in [0.717, 1.165) is 11.4 Å². The van der Waals surface area contributed by atoms with Crippen molar-refractivity contribution in [3.63, 3.8) is 0 Å². The number of hydrogen-bond acceptors (Lipinski definition) is 3. The van der Waals surface area contributed by atoms with Crippen molar-refractivity contribution < 1.29 is 4.39 Å². The molecule has 0 atom stereocenters. The summed E-state index contributed by atoms with van der Waals surface area (Å²) >= 11 is 0. The molecule has 0 saturated heterocycles.